The molecule has 1 aromatic carbocycles. The van der Waals surface area contributed by atoms with Crippen molar-refractivity contribution >= 4 is 17.4 Å². The highest BCUT2D eigenvalue weighted by Gasteiger charge is 2.25. The Hall–Kier alpha value is -2.35. The first kappa shape index (κ1) is 19.0. The number of nitrogens with zero attached hydrogens (tertiary/aromatic N) is 2. The van der Waals surface area contributed by atoms with E-state index in [-0.39, 0.29) is 17.4 Å². The Balaban J connectivity index is 1.98. The average Bonchev–Trinajstić information content (AvgIpc) is 3.09. The number of urea groups is 1. The third kappa shape index (κ3) is 5.06. The van der Waals surface area contributed by atoms with Gasteiger partial charge in [0.25, 0.3) is 5.69 Å². The molecule has 8 heteroatoms. The van der Waals surface area contributed by atoms with Gasteiger partial charge in [0.15, 0.2) is 0 Å². The summed E-state index contributed by atoms with van der Waals surface area (Å²) in [5.41, 5.74) is -0.0555. The molecule has 1 unspecified atom stereocenters. The molecule has 1 aliphatic heterocycles. The number of carbonyl (C=O) groups excluding carboxylic acids is 1. The summed E-state index contributed by atoms with van der Waals surface area (Å²) in [4.78, 5) is 25.2. The van der Waals surface area contributed by atoms with Crippen LogP contribution in [0.1, 0.15) is 26.7 Å². The van der Waals surface area contributed by atoms with Crippen LogP contribution in [0.4, 0.5) is 16.2 Å². The SMILES string of the molecule is COc1ccc(NC(=O)NCC(C(C)C)N2CCCC2)c([N+](=O)[O-])c1. The lowest BCUT2D eigenvalue weighted by molar-refractivity contribution is -0.384. The van der Waals surface area contributed by atoms with Crippen LogP contribution in [0.25, 0.3) is 0 Å². The molecule has 0 radical (unpaired) electrons. The fraction of sp³-hybridized carbons (Fsp3) is 0.588. The second kappa shape index (κ2) is 8.66. The summed E-state index contributed by atoms with van der Waals surface area (Å²) in [6.07, 6.45) is 2.38. The van der Waals surface area contributed by atoms with Crippen molar-refractivity contribution in [3.05, 3.63) is 28.3 Å². The van der Waals surface area contributed by atoms with Gasteiger partial charge in [0.1, 0.15) is 11.4 Å². The van der Waals surface area contributed by atoms with Gasteiger partial charge in [-0.25, -0.2) is 4.79 Å². The molecule has 8 nitrogen and oxygen atoms in total. The lowest BCUT2D eigenvalue weighted by Gasteiger charge is -2.30. The summed E-state index contributed by atoms with van der Waals surface area (Å²) in [5.74, 6) is 0.778. The number of carbonyl (C=O) groups is 1. The fourth-order valence-corrected chi connectivity index (χ4v) is 3.12. The predicted octanol–water partition coefficient (Wildman–Crippen LogP) is 2.85. The number of ether oxygens (including phenoxy) is 1. The largest absolute Gasteiger partial charge is 0.496 e. The number of nitro benzene ring substituents is 1. The summed E-state index contributed by atoms with van der Waals surface area (Å²) in [7, 11) is 1.43. The molecule has 2 N–H and O–H groups in total. The molecule has 0 bridgehead atoms. The Morgan fingerprint density at radius 1 is 1.36 bits per heavy atom. The van der Waals surface area contributed by atoms with Gasteiger partial charge in [0.2, 0.25) is 0 Å². The molecule has 1 saturated heterocycles. The Bertz CT molecular complexity index is 615. The first-order chi connectivity index (χ1) is 11.9. The first-order valence-corrected chi connectivity index (χ1v) is 8.53. The Labute approximate surface area is 147 Å². The topological polar surface area (TPSA) is 96.7 Å². The molecule has 1 aliphatic rings. The van der Waals surface area contributed by atoms with Crippen LogP contribution >= 0.6 is 0 Å². The van der Waals surface area contributed by atoms with E-state index in [0.717, 1.165) is 13.1 Å². The van der Waals surface area contributed by atoms with Gasteiger partial charge in [-0.05, 0) is 44.0 Å². The third-order valence-corrected chi connectivity index (χ3v) is 4.50. The Kier molecular flexibility index (Phi) is 6.58. The monoisotopic (exact) mass is 350 g/mol. The molecule has 0 aromatic heterocycles. The number of amides is 2. The normalized spacial score (nSPS) is 15.8. The highest BCUT2D eigenvalue weighted by Crippen LogP contribution is 2.28. The molecule has 1 fully saturated rings. The van der Waals surface area contributed by atoms with E-state index in [9.17, 15) is 14.9 Å². The zero-order chi connectivity index (χ0) is 18.4. The minimum atomic E-state index is -0.542. The molecular formula is C17H26N4O4. The van der Waals surface area contributed by atoms with Crippen molar-refractivity contribution in [3.63, 3.8) is 0 Å². The summed E-state index contributed by atoms with van der Waals surface area (Å²) < 4.78 is 4.99. The van der Waals surface area contributed by atoms with Crippen LogP contribution in [0.5, 0.6) is 5.75 Å². The van der Waals surface area contributed by atoms with Crippen LogP contribution in [-0.4, -0.2) is 48.6 Å². The minimum Gasteiger partial charge on any atom is -0.496 e. The number of nitrogens with one attached hydrogen (secondary N) is 2. The van der Waals surface area contributed by atoms with Crippen LogP contribution in [0.3, 0.4) is 0 Å². The van der Waals surface area contributed by atoms with Gasteiger partial charge in [-0.2, -0.15) is 0 Å². The Morgan fingerprint density at radius 3 is 2.60 bits per heavy atom. The van der Waals surface area contributed by atoms with Crippen molar-refractivity contribution in [2.75, 3.05) is 32.1 Å². The summed E-state index contributed by atoms with van der Waals surface area (Å²) in [6.45, 7) is 6.88. The van der Waals surface area contributed by atoms with Gasteiger partial charge >= 0.3 is 6.03 Å². The van der Waals surface area contributed by atoms with E-state index in [4.69, 9.17) is 4.74 Å². The first-order valence-electron chi connectivity index (χ1n) is 8.53. The highest BCUT2D eigenvalue weighted by molar-refractivity contribution is 5.92. The van der Waals surface area contributed by atoms with Crippen molar-refractivity contribution in [3.8, 4) is 5.75 Å². The molecule has 0 spiro atoms. The van der Waals surface area contributed by atoms with E-state index in [1.54, 1.807) is 6.07 Å². The van der Waals surface area contributed by atoms with Crippen molar-refractivity contribution in [1.82, 2.24) is 10.2 Å². The molecule has 1 atom stereocenters. The Morgan fingerprint density at radius 2 is 2.04 bits per heavy atom. The lowest BCUT2D eigenvalue weighted by atomic mass is 10.0. The highest BCUT2D eigenvalue weighted by atomic mass is 16.6. The van der Waals surface area contributed by atoms with Crippen molar-refractivity contribution in [2.24, 2.45) is 5.92 Å². The zero-order valence-corrected chi connectivity index (χ0v) is 14.9. The van der Waals surface area contributed by atoms with Crippen LogP contribution in [0.15, 0.2) is 18.2 Å². The van der Waals surface area contributed by atoms with Gasteiger partial charge in [-0.15, -0.1) is 0 Å². The number of hydrogen-bond donors (Lipinski definition) is 2. The van der Waals surface area contributed by atoms with E-state index in [0.29, 0.717) is 18.2 Å². The molecular weight excluding hydrogens is 324 g/mol. The number of likely N-dealkylation sites (tertiary alicyclic amines) is 1. The maximum atomic E-state index is 12.2. The van der Waals surface area contributed by atoms with Crippen molar-refractivity contribution < 1.29 is 14.5 Å². The summed E-state index contributed by atoms with van der Waals surface area (Å²) >= 11 is 0. The molecule has 1 aromatic rings. The zero-order valence-electron chi connectivity index (χ0n) is 14.9. The van der Waals surface area contributed by atoms with E-state index in [1.165, 1.54) is 32.1 Å². The quantitative estimate of drug-likeness (QED) is 0.582. The molecule has 0 aliphatic carbocycles. The van der Waals surface area contributed by atoms with Crippen LogP contribution in [-0.2, 0) is 0 Å². The van der Waals surface area contributed by atoms with Crippen LogP contribution in [0.2, 0.25) is 0 Å². The molecule has 2 rings (SSSR count). The maximum Gasteiger partial charge on any atom is 0.319 e. The predicted molar refractivity (Wildman–Crippen MR) is 96.1 cm³/mol. The molecule has 138 valence electrons. The second-order valence-electron chi connectivity index (χ2n) is 6.53. The van der Waals surface area contributed by atoms with Crippen molar-refractivity contribution in [2.45, 2.75) is 32.7 Å². The van der Waals surface area contributed by atoms with Gasteiger partial charge in [-0.1, -0.05) is 13.8 Å². The maximum absolute atomic E-state index is 12.2. The molecule has 25 heavy (non-hydrogen) atoms. The summed E-state index contributed by atoms with van der Waals surface area (Å²) in [6, 6.07) is 4.15. The lowest BCUT2D eigenvalue weighted by Crippen LogP contribution is -2.46. The minimum absolute atomic E-state index is 0.144. The number of anilines is 1. The second-order valence-corrected chi connectivity index (χ2v) is 6.53. The van der Waals surface area contributed by atoms with Gasteiger partial charge in [-0.3, -0.25) is 15.0 Å². The van der Waals surface area contributed by atoms with Crippen molar-refractivity contribution in [1.29, 1.82) is 0 Å². The molecule has 1 heterocycles. The fourth-order valence-electron chi connectivity index (χ4n) is 3.12. The van der Waals surface area contributed by atoms with Gasteiger partial charge < -0.3 is 15.4 Å². The van der Waals surface area contributed by atoms with E-state index >= 15 is 0 Å². The van der Waals surface area contributed by atoms with E-state index in [1.807, 2.05) is 0 Å². The number of hydrogen-bond acceptors (Lipinski definition) is 5. The smallest absolute Gasteiger partial charge is 0.319 e. The number of nitro groups is 1. The standard InChI is InChI=1S/C17H26N4O4/c1-12(2)16(20-8-4-5-9-20)11-18-17(22)19-14-7-6-13(25-3)10-15(14)21(23)24/h6-7,10,12,16H,4-5,8-9,11H2,1-3H3,(H2,18,19,22). The third-order valence-electron chi connectivity index (χ3n) is 4.50. The number of benzene rings is 1. The van der Waals surface area contributed by atoms with E-state index in [2.05, 4.69) is 29.4 Å². The van der Waals surface area contributed by atoms with E-state index < -0.39 is 11.0 Å². The number of rotatable bonds is 7. The number of methoxy groups -OCH3 is 1. The molecule has 0 saturated carbocycles. The summed E-state index contributed by atoms with van der Waals surface area (Å²) in [5, 5.41) is 16.6. The van der Waals surface area contributed by atoms with Gasteiger partial charge in [0, 0.05) is 12.6 Å². The van der Waals surface area contributed by atoms with Crippen LogP contribution < -0.4 is 15.4 Å². The van der Waals surface area contributed by atoms with Crippen LogP contribution in [0, 0.1) is 16.0 Å². The average molecular weight is 350 g/mol. The van der Waals surface area contributed by atoms with Gasteiger partial charge in [0.05, 0.1) is 18.1 Å². The molecule has 2 amide bonds.